The van der Waals surface area contributed by atoms with Crippen molar-refractivity contribution in [3.8, 4) is 0 Å². The Bertz CT molecular complexity index is 430. The van der Waals surface area contributed by atoms with Crippen LogP contribution < -0.4 is 4.90 Å². The van der Waals surface area contributed by atoms with Crippen molar-refractivity contribution in [1.82, 2.24) is 0 Å². The van der Waals surface area contributed by atoms with Crippen LogP contribution in [0, 0.1) is 5.82 Å². The lowest BCUT2D eigenvalue weighted by Crippen LogP contribution is -3.13. The molecular weight excluding hydrogens is 245 g/mol. The molecular formula is C15H21FNO2+. The van der Waals surface area contributed by atoms with Crippen molar-refractivity contribution in [2.24, 2.45) is 0 Å². The van der Waals surface area contributed by atoms with Crippen LogP contribution in [-0.4, -0.2) is 31.7 Å². The number of likely N-dealkylation sites (tertiary alicyclic amines) is 1. The molecule has 0 amide bonds. The summed E-state index contributed by atoms with van der Waals surface area (Å²) in [6, 6.07) is 5.62. The van der Waals surface area contributed by atoms with Crippen molar-refractivity contribution in [1.29, 1.82) is 0 Å². The SMILES string of the molecule is CC(C[NH+]1CCCCC1)OC(=O)c1cccc(F)c1. The maximum absolute atomic E-state index is 13.0. The first-order valence-electron chi connectivity index (χ1n) is 6.95. The van der Waals surface area contributed by atoms with Gasteiger partial charge >= 0.3 is 5.97 Å². The third kappa shape index (κ3) is 4.31. The second-order valence-electron chi connectivity index (χ2n) is 5.24. The molecule has 2 rings (SSSR count). The molecule has 1 aliphatic heterocycles. The van der Waals surface area contributed by atoms with Gasteiger partial charge in [-0.05, 0) is 44.4 Å². The number of quaternary nitrogens is 1. The Morgan fingerprint density at radius 2 is 2.11 bits per heavy atom. The Hall–Kier alpha value is -1.42. The van der Waals surface area contributed by atoms with Gasteiger partial charge in [0.1, 0.15) is 18.5 Å². The molecule has 1 fully saturated rings. The quantitative estimate of drug-likeness (QED) is 0.836. The van der Waals surface area contributed by atoms with Crippen molar-refractivity contribution in [2.75, 3.05) is 19.6 Å². The zero-order valence-electron chi connectivity index (χ0n) is 11.3. The normalized spacial score (nSPS) is 18.0. The van der Waals surface area contributed by atoms with Crippen molar-refractivity contribution >= 4 is 5.97 Å². The van der Waals surface area contributed by atoms with Crippen molar-refractivity contribution in [3.05, 3.63) is 35.6 Å². The van der Waals surface area contributed by atoms with Crippen LogP contribution in [0.15, 0.2) is 24.3 Å². The number of benzene rings is 1. The molecule has 1 aliphatic rings. The minimum atomic E-state index is -0.441. The molecule has 0 radical (unpaired) electrons. The highest BCUT2D eigenvalue weighted by Crippen LogP contribution is 2.06. The molecule has 1 atom stereocenters. The van der Waals surface area contributed by atoms with E-state index >= 15 is 0 Å². The number of esters is 1. The molecule has 0 saturated carbocycles. The van der Waals surface area contributed by atoms with Gasteiger partial charge in [-0.1, -0.05) is 6.07 Å². The summed E-state index contributed by atoms with van der Waals surface area (Å²) in [5.74, 6) is -0.854. The van der Waals surface area contributed by atoms with E-state index in [1.807, 2.05) is 6.92 Å². The molecule has 1 N–H and O–H groups in total. The fourth-order valence-corrected chi connectivity index (χ4v) is 2.57. The number of hydrogen-bond acceptors (Lipinski definition) is 2. The molecule has 19 heavy (non-hydrogen) atoms. The van der Waals surface area contributed by atoms with Gasteiger partial charge in [-0.25, -0.2) is 9.18 Å². The van der Waals surface area contributed by atoms with Gasteiger partial charge in [0.15, 0.2) is 0 Å². The van der Waals surface area contributed by atoms with E-state index in [0.717, 1.165) is 19.6 Å². The monoisotopic (exact) mass is 266 g/mol. The number of nitrogens with one attached hydrogen (secondary N) is 1. The zero-order valence-corrected chi connectivity index (χ0v) is 11.3. The number of carbonyl (C=O) groups is 1. The maximum Gasteiger partial charge on any atom is 0.338 e. The largest absolute Gasteiger partial charge is 0.453 e. The zero-order chi connectivity index (χ0) is 13.7. The molecule has 3 nitrogen and oxygen atoms in total. The van der Waals surface area contributed by atoms with E-state index in [4.69, 9.17) is 4.74 Å². The Morgan fingerprint density at radius 3 is 2.79 bits per heavy atom. The molecule has 1 saturated heterocycles. The Kier molecular flexibility index (Phi) is 4.91. The first-order valence-corrected chi connectivity index (χ1v) is 6.95. The van der Waals surface area contributed by atoms with E-state index in [2.05, 4.69) is 0 Å². The van der Waals surface area contributed by atoms with Crippen LogP contribution in [0.1, 0.15) is 36.5 Å². The number of carbonyl (C=O) groups excluding carboxylic acids is 1. The van der Waals surface area contributed by atoms with E-state index in [1.165, 1.54) is 42.4 Å². The van der Waals surface area contributed by atoms with Gasteiger partial charge in [-0.2, -0.15) is 0 Å². The van der Waals surface area contributed by atoms with E-state index in [1.54, 1.807) is 6.07 Å². The molecule has 0 bridgehead atoms. The fraction of sp³-hybridized carbons (Fsp3) is 0.533. The van der Waals surface area contributed by atoms with Gasteiger partial charge < -0.3 is 9.64 Å². The van der Waals surface area contributed by atoms with Crippen molar-refractivity contribution < 1.29 is 18.8 Å². The predicted octanol–water partition coefficient (Wildman–Crippen LogP) is 1.44. The third-order valence-electron chi connectivity index (χ3n) is 3.51. The molecule has 1 heterocycles. The van der Waals surface area contributed by atoms with Crippen molar-refractivity contribution in [3.63, 3.8) is 0 Å². The highest BCUT2D eigenvalue weighted by molar-refractivity contribution is 5.89. The lowest BCUT2D eigenvalue weighted by molar-refractivity contribution is -0.907. The Morgan fingerprint density at radius 1 is 1.37 bits per heavy atom. The standard InChI is InChI=1S/C15H20FNO2/c1-12(11-17-8-3-2-4-9-17)19-15(18)13-6-5-7-14(16)10-13/h5-7,10,12H,2-4,8-9,11H2,1H3/p+1. The molecule has 1 unspecified atom stereocenters. The van der Waals surface area contributed by atoms with Crippen LogP contribution in [0.2, 0.25) is 0 Å². The number of rotatable bonds is 4. The highest BCUT2D eigenvalue weighted by atomic mass is 19.1. The van der Waals surface area contributed by atoms with Crippen LogP contribution in [0.3, 0.4) is 0 Å². The van der Waals surface area contributed by atoms with Crippen LogP contribution in [0.5, 0.6) is 0 Å². The van der Waals surface area contributed by atoms with E-state index in [-0.39, 0.29) is 11.7 Å². The summed E-state index contributed by atoms with van der Waals surface area (Å²) in [6.07, 6.45) is 3.67. The number of ether oxygens (including phenoxy) is 1. The van der Waals surface area contributed by atoms with E-state index < -0.39 is 11.8 Å². The average Bonchev–Trinajstić information content (AvgIpc) is 2.39. The summed E-state index contributed by atoms with van der Waals surface area (Å²) in [5.41, 5.74) is 0.278. The average molecular weight is 266 g/mol. The van der Waals surface area contributed by atoms with Crippen LogP contribution in [0.4, 0.5) is 4.39 Å². The van der Waals surface area contributed by atoms with Gasteiger partial charge in [0, 0.05) is 0 Å². The topological polar surface area (TPSA) is 30.7 Å². The van der Waals surface area contributed by atoms with Crippen LogP contribution >= 0.6 is 0 Å². The summed E-state index contributed by atoms with van der Waals surface area (Å²) in [4.78, 5) is 13.3. The molecule has 104 valence electrons. The van der Waals surface area contributed by atoms with E-state index in [0.29, 0.717) is 0 Å². The minimum absolute atomic E-state index is 0.135. The molecule has 0 aliphatic carbocycles. The minimum Gasteiger partial charge on any atom is -0.453 e. The summed E-state index contributed by atoms with van der Waals surface area (Å²) in [5, 5.41) is 0. The maximum atomic E-state index is 13.0. The summed E-state index contributed by atoms with van der Waals surface area (Å²) < 4.78 is 18.4. The smallest absolute Gasteiger partial charge is 0.338 e. The van der Waals surface area contributed by atoms with Gasteiger partial charge in [-0.3, -0.25) is 0 Å². The van der Waals surface area contributed by atoms with Gasteiger partial charge in [0.25, 0.3) is 0 Å². The predicted molar refractivity (Wildman–Crippen MR) is 70.7 cm³/mol. The second-order valence-corrected chi connectivity index (χ2v) is 5.24. The van der Waals surface area contributed by atoms with Gasteiger partial charge in [0.2, 0.25) is 0 Å². The van der Waals surface area contributed by atoms with Gasteiger partial charge in [0.05, 0.1) is 18.7 Å². The number of hydrogen-bond donors (Lipinski definition) is 1. The molecule has 0 spiro atoms. The summed E-state index contributed by atoms with van der Waals surface area (Å²) >= 11 is 0. The molecule has 1 aromatic carbocycles. The van der Waals surface area contributed by atoms with E-state index in [9.17, 15) is 9.18 Å². The second kappa shape index (κ2) is 6.66. The highest BCUT2D eigenvalue weighted by Gasteiger charge is 2.20. The fourth-order valence-electron chi connectivity index (χ4n) is 2.57. The van der Waals surface area contributed by atoms with Crippen LogP contribution in [0.25, 0.3) is 0 Å². The first kappa shape index (κ1) is 14.0. The van der Waals surface area contributed by atoms with Gasteiger partial charge in [-0.15, -0.1) is 0 Å². The Labute approximate surface area is 113 Å². The molecule has 1 aromatic rings. The molecule has 4 heteroatoms. The lowest BCUT2D eigenvalue weighted by Gasteiger charge is -2.26. The summed E-state index contributed by atoms with van der Waals surface area (Å²) in [7, 11) is 0. The Balaban J connectivity index is 1.84. The van der Waals surface area contributed by atoms with Crippen LogP contribution in [-0.2, 0) is 4.74 Å². The first-order chi connectivity index (χ1) is 9.15. The number of piperidine rings is 1. The van der Waals surface area contributed by atoms with Crippen molar-refractivity contribution in [2.45, 2.75) is 32.3 Å². The number of halogens is 1. The molecule has 0 aromatic heterocycles. The lowest BCUT2D eigenvalue weighted by atomic mass is 10.1. The summed E-state index contributed by atoms with van der Waals surface area (Å²) in [6.45, 7) is 5.05. The third-order valence-corrected chi connectivity index (χ3v) is 3.51.